The summed E-state index contributed by atoms with van der Waals surface area (Å²) in [6.07, 6.45) is 0. The number of carbonyl (C=O) groups is 1. The molecule has 0 aliphatic carbocycles. The molecule has 0 aromatic heterocycles. The second-order valence-electron chi connectivity index (χ2n) is 4.52. The van der Waals surface area contributed by atoms with Gasteiger partial charge in [-0.15, -0.1) is 0 Å². The smallest absolute Gasteiger partial charge is 0.238 e. The molecule has 19 heavy (non-hydrogen) atoms. The van der Waals surface area contributed by atoms with Gasteiger partial charge >= 0.3 is 0 Å². The minimum atomic E-state index is -0.152. The largest absolute Gasteiger partial charge is 0.322 e. The van der Waals surface area contributed by atoms with E-state index in [0.29, 0.717) is 33.3 Å². The summed E-state index contributed by atoms with van der Waals surface area (Å²) in [6, 6.07) is 3.50. The Hall–Kier alpha value is -0.520. The molecule has 0 radical (unpaired) electrons. The standard InChI is InChI=1S/C12H14Cl3N3O/c1-18(8-4-16-5-8)6-11(19)17-12-9(14)2-7(13)3-10(12)15/h2-3,8,16H,4-6H2,1H3,(H,17,19). The lowest BCUT2D eigenvalue weighted by molar-refractivity contribution is -0.117. The summed E-state index contributed by atoms with van der Waals surface area (Å²) in [5.74, 6) is -0.152. The zero-order chi connectivity index (χ0) is 14.0. The quantitative estimate of drug-likeness (QED) is 0.895. The molecule has 1 aromatic carbocycles. The van der Waals surface area contributed by atoms with E-state index < -0.39 is 0 Å². The van der Waals surface area contributed by atoms with E-state index in [9.17, 15) is 4.79 Å². The van der Waals surface area contributed by atoms with Crippen LogP contribution in [0.5, 0.6) is 0 Å². The molecule has 2 N–H and O–H groups in total. The molecule has 4 nitrogen and oxygen atoms in total. The van der Waals surface area contributed by atoms with Crippen LogP contribution < -0.4 is 10.6 Å². The SMILES string of the molecule is CN(CC(=O)Nc1c(Cl)cc(Cl)cc1Cl)C1CNC1. The summed E-state index contributed by atoms with van der Waals surface area (Å²) >= 11 is 17.8. The van der Waals surface area contributed by atoms with E-state index in [1.165, 1.54) is 0 Å². The molecular weight excluding hydrogens is 309 g/mol. The van der Waals surface area contributed by atoms with Gasteiger partial charge in [0, 0.05) is 24.2 Å². The summed E-state index contributed by atoms with van der Waals surface area (Å²) < 4.78 is 0. The first kappa shape index (κ1) is 14.9. The number of nitrogens with one attached hydrogen (secondary N) is 2. The highest BCUT2D eigenvalue weighted by molar-refractivity contribution is 6.42. The number of benzene rings is 1. The van der Waals surface area contributed by atoms with E-state index in [2.05, 4.69) is 10.6 Å². The van der Waals surface area contributed by atoms with E-state index in [1.54, 1.807) is 12.1 Å². The van der Waals surface area contributed by atoms with Crippen LogP contribution in [0.1, 0.15) is 0 Å². The van der Waals surface area contributed by atoms with Gasteiger partial charge in [0.25, 0.3) is 0 Å². The average molecular weight is 323 g/mol. The molecule has 0 bridgehead atoms. The number of carbonyl (C=O) groups excluding carboxylic acids is 1. The summed E-state index contributed by atoms with van der Waals surface area (Å²) in [5, 5.41) is 6.98. The number of anilines is 1. The predicted molar refractivity (Wildman–Crippen MR) is 79.4 cm³/mol. The van der Waals surface area contributed by atoms with Crippen molar-refractivity contribution in [3.63, 3.8) is 0 Å². The van der Waals surface area contributed by atoms with E-state index >= 15 is 0 Å². The number of amides is 1. The van der Waals surface area contributed by atoms with Gasteiger partial charge in [-0.25, -0.2) is 0 Å². The van der Waals surface area contributed by atoms with E-state index in [0.717, 1.165) is 13.1 Å². The van der Waals surface area contributed by atoms with Crippen LogP contribution in [0.4, 0.5) is 5.69 Å². The minimum absolute atomic E-state index is 0.152. The van der Waals surface area contributed by atoms with Gasteiger partial charge in [0.2, 0.25) is 5.91 Å². The zero-order valence-electron chi connectivity index (χ0n) is 10.3. The van der Waals surface area contributed by atoms with Gasteiger partial charge in [-0.2, -0.15) is 0 Å². The number of hydrogen-bond acceptors (Lipinski definition) is 3. The third-order valence-electron chi connectivity index (χ3n) is 3.05. The molecule has 1 aliphatic rings. The van der Waals surface area contributed by atoms with Gasteiger partial charge in [-0.1, -0.05) is 34.8 Å². The van der Waals surface area contributed by atoms with Gasteiger partial charge in [0.15, 0.2) is 0 Å². The van der Waals surface area contributed by atoms with E-state index in [1.807, 2.05) is 11.9 Å². The maximum absolute atomic E-state index is 11.9. The lowest BCUT2D eigenvalue weighted by Crippen LogP contribution is -2.57. The van der Waals surface area contributed by atoms with Gasteiger partial charge in [-0.05, 0) is 19.2 Å². The molecule has 0 spiro atoms. The number of nitrogens with zero attached hydrogens (tertiary/aromatic N) is 1. The Morgan fingerprint density at radius 3 is 2.42 bits per heavy atom. The van der Waals surface area contributed by atoms with Crippen molar-refractivity contribution in [1.82, 2.24) is 10.2 Å². The Bertz CT molecular complexity index is 468. The predicted octanol–water partition coefficient (Wildman–Crippen LogP) is 2.49. The highest BCUT2D eigenvalue weighted by atomic mass is 35.5. The molecule has 1 heterocycles. The Balaban J connectivity index is 1.98. The molecule has 1 amide bonds. The third kappa shape index (κ3) is 3.74. The zero-order valence-corrected chi connectivity index (χ0v) is 12.6. The fourth-order valence-electron chi connectivity index (χ4n) is 1.78. The summed E-state index contributed by atoms with van der Waals surface area (Å²) in [7, 11) is 1.91. The Morgan fingerprint density at radius 2 is 1.95 bits per heavy atom. The Labute approximate surface area is 127 Å². The highest BCUT2D eigenvalue weighted by Gasteiger charge is 2.23. The van der Waals surface area contributed by atoms with Crippen molar-refractivity contribution in [3.05, 3.63) is 27.2 Å². The maximum Gasteiger partial charge on any atom is 0.238 e. The molecule has 1 fully saturated rings. The van der Waals surface area contributed by atoms with Crippen LogP contribution in [0, 0.1) is 0 Å². The number of rotatable bonds is 4. The van der Waals surface area contributed by atoms with Crippen LogP contribution in [-0.4, -0.2) is 43.5 Å². The molecule has 2 rings (SSSR count). The van der Waals surface area contributed by atoms with Crippen molar-refractivity contribution in [3.8, 4) is 0 Å². The van der Waals surface area contributed by atoms with Crippen molar-refractivity contribution >= 4 is 46.4 Å². The van der Waals surface area contributed by atoms with E-state index in [4.69, 9.17) is 34.8 Å². The molecule has 0 unspecified atom stereocenters. The second-order valence-corrected chi connectivity index (χ2v) is 5.77. The Morgan fingerprint density at radius 1 is 1.37 bits per heavy atom. The molecule has 7 heteroatoms. The second kappa shape index (κ2) is 6.29. The first-order valence-corrected chi connectivity index (χ1v) is 6.96. The first-order valence-electron chi connectivity index (χ1n) is 5.82. The average Bonchev–Trinajstić information content (AvgIpc) is 2.20. The fourth-order valence-corrected chi connectivity index (χ4v) is 2.69. The highest BCUT2D eigenvalue weighted by Crippen LogP contribution is 2.33. The van der Waals surface area contributed by atoms with Crippen LogP contribution in [0.15, 0.2) is 12.1 Å². The van der Waals surface area contributed by atoms with Crippen molar-refractivity contribution in [1.29, 1.82) is 0 Å². The molecule has 1 aromatic rings. The normalized spacial score (nSPS) is 15.4. The first-order chi connectivity index (χ1) is 8.97. The molecule has 0 saturated carbocycles. The van der Waals surface area contributed by atoms with Gasteiger partial charge in [0.1, 0.15) is 0 Å². The maximum atomic E-state index is 11.9. The van der Waals surface area contributed by atoms with Gasteiger partial charge in [-0.3, -0.25) is 9.69 Å². The molecular formula is C12H14Cl3N3O. The van der Waals surface area contributed by atoms with Crippen LogP contribution >= 0.6 is 34.8 Å². The van der Waals surface area contributed by atoms with E-state index in [-0.39, 0.29) is 5.91 Å². The topological polar surface area (TPSA) is 44.4 Å². The van der Waals surface area contributed by atoms with Crippen LogP contribution in [-0.2, 0) is 4.79 Å². The van der Waals surface area contributed by atoms with Crippen molar-refractivity contribution in [2.24, 2.45) is 0 Å². The lowest BCUT2D eigenvalue weighted by Gasteiger charge is -2.35. The summed E-state index contributed by atoms with van der Waals surface area (Å²) in [4.78, 5) is 13.9. The lowest BCUT2D eigenvalue weighted by atomic mass is 10.1. The molecule has 1 aliphatic heterocycles. The van der Waals surface area contributed by atoms with Gasteiger partial charge in [0.05, 0.1) is 22.3 Å². The molecule has 104 valence electrons. The number of likely N-dealkylation sites (N-methyl/N-ethyl adjacent to an activating group) is 1. The third-order valence-corrected chi connectivity index (χ3v) is 3.86. The number of halogens is 3. The van der Waals surface area contributed by atoms with Gasteiger partial charge < -0.3 is 10.6 Å². The van der Waals surface area contributed by atoms with Crippen molar-refractivity contribution in [2.45, 2.75) is 6.04 Å². The molecule has 1 saturated heterocycles. The van der Waals surface area contributed by atoms with Crippen molar-refractivity contribution < 1.29 is 4.79 Å². The fraction of sp³-hybridized carbons (Fsp3) is 0.417. The van der Waals surface area contributed by atoms with Crippen molar-refractivity contribution in [2.75, 3.05) is 32.0 Å². The van der Waals surface area contributed by atoms with Crippen LogP contribution in [0.3, 0.4) is 0 Å². The monoisotopic (exact) mass is 321 g/mol. The number of hydrogen-bond donors (Lipinski definition) is 2. The summed E-state index contributed by atoms with van der Waals surface area (Å²) in [5.41, 5.74) is 0.401. The van der Waals surface area contributed by atoms with Crippen LogP contribution in [0.2, 0.25) is 15.1 Å². The Kier molecular flexibility index (Phi) is 4.92. The van der Waals surface area contributed by atoms with Crippen LogP contribution in [0.25, 0.3) is 0 Å². The minimum Gasteiger partial charge on any atom is -0.322 e. The molecule has 0 atom stereocenters. The summed E-state index contributed by atoms with van der Waals surface area (Å²) in [6.45, 7) is 2.11.